The Morgan fingerprint density at radius 2 is 2.15 bits per heavy atom. The summed E-state index contributed by atoms with van der Waals surface area (Å²) in [5.74, 6) is -0.0630. The summed E-state index contributed by atoms with van der Waals surface area (Å²) in [6.45, 7) is 1.78. The first kappa shape index (κ1) is 19.2. The third-order valence-electron chi connectivity index (χ3n) is 3.08. The Kier molecular flexibility index (Phi) is 6.93. The number of carbonyl (C=O) groups is 2. The standard InChI is InChI=1S/C17H17N3O5S/c1-3-24-16(22)7-12-10-26-17(19-12)20-15(21)9-25-13-5-4-11(8-18)6-14(13)23-2/h4-6,10H,3,7,9H2,1-2H3,(H,19,20,21). The molecule has 1 aromatic carbocycles. The van der Waals surface area contributed by atoms with Gasteiger partial charge in [0.25, 0.3) is 5.91 Å². The molecule has 8 nitrogen and oxygen atoms in total. The highest BCUT2D eigenvalue weighted by Crippen LogP contribution is 2.27. The van der Waals surface area contributed by atoms with Crippen molar-refractivity contribution in [1.29, 1.82) is 5.26 Å². The Morgan fingerprint density at radius 3 is 2.85 bits per heavy atom. The topological polar surface area (TPSA) is 111 Å². The maximum absolute atomic E-state index is 12.0. The van der Waals surface area contributed by atoms with Gasteiger partial charge < -0.3 is 14.2 Å². The smallest absolute Gasteiger partial charge is 0.311 e. The second-order valence-corrected chi connectivity index (χ2v) is 5.80. The van der Waals surface area contributed by atoms with E-state index in [4.69, 9.17) is 19.5 Å². The Balaban J connectivity index is 1.89. The van der Waals surface area contributed by atoms with Crippen LogP contribution in [0.15, 0.2) is 23.6 Å². The van der Waals surface area contributed by atoms with Crippen LogP contribution >= 0.6 is 11.3 Å². The minimum atomic E-state index is -0.409. The molecule has 2 aromatic rings. The summed E-state index contributed by atoms with van der Waals surface area (Å²) < 4.78 is 15.4. The summed E-state index contributed by atoms with van der Waals surface area (Å²) in [6.07, 6.45) is 0.0547. The number of methoxy groups -OCH3 is 1. The van der Waals surface area contributed by atoms with E-state index in [-0.39, 0.29) is 19.0 Å². The zero-order chi connectivity index (χ0) is 18.9. The molecule has 0 bridgehead atoms. The van der Waals surface area contributed by atoms with Gasteiger partial charge in [0.15, 0.2) is 23.2 Å². The van der Waals surface area contributed by atoms with Crippen LogP contribution in [-0.4, -0.2) is 37.2 Å². The van der Waals surface area contributed by atoms with E-state index in [0.717, 1.165) is 0 Å². The molecular formula is C17H17N3O5S. The third kappa shape index (κ3) is 5.46. The quantitative estimate of drug-likeness (QED) is 0.704. The average Bonchev–Trinajstić information content (AvgIpc) is 3.06. The summed E-state index contributed by atoms with van der Waals surface area (Å²) in [5, 5.41) is 13.5. The van der Waals surface area contributed by atoms with Crippen LogP contribution in [0, 0.1) is 11.3 Å². The van der Waals surface area contributed by atoms with Crippen LogP contribution in [0.1, 0.15) is 18.2 Å². The monoisotopic (exact) mass is 375 g/mol. The largest absolute Gasteiger partial charge is 0.493 e. The fourth-order valence-electron chi connectivity index (χ4n) is 1.96. The molecule has 0 aliphatic heterocycles. The molecular weight excluding hydrogens is 358 g/mol. The second-order valence-electron chi connectivity index (χ2n) is 4.94. The van der Waals surface area contributed by atoms with E-state index in [0.29, 0.717) is 34.5 Å². The molecule has 0 saturated carbocycles. The molecule has 0 fully saturated rings. The lowest BCUT2D eigenvalue weighted by Gasteiger charge is -2.10. The van der Waals surface area contributed by atoms with Crippen LogP contribution in [0.3, 0.4) is 0 Å². The molecule has 0 atom stereocenters. The van der Waals surface area contributed by atoms with Gasteiger partial charge in [-0.1, -0.05) is 0 Å². The van der Waals surface area contributed by atoms with Crippen molar-refractivity contribution in [1.82, 2.24) is 4.98 Å². The molecule has 136 valence electrons. The molecule has 0 aliphatic rings. The van der Waals surface area contributed by atoms with E-state index in [1.165, 1.54) is 24.5 Å². The lowest BCUT2D eigenvalue weighted by molar-refractivity contribution is -0.142. The minimum Gasteiger partial charge on any atom is -0.493 e. The van der Waals surface area contributed by atoms with E-state index >= 15 is 0 Å². The van der Waals surface area contributed by atoms with Gasteiger partial charge in [-0.05, 0) is 19.1 Å². The molecule has 2 rings (SSSR count). The number of nitriles is 1. The zero-order valence-corrected chi connectivity index (χ0v) is 15.1. The predicted molar refractivity (Wildman–Crippen MR) is 94.3 cm³/mol. The fraction of sp³-hybridized carbons (Fsp3) is 0.294. The molecule has 9 heteroatoms. The van der Waals surface area contributed by atoms with Gasteiger partial charge >= 0.3 is 5.97 Å². The van der Waals surface area contributed by atoms with Crippen molar-refractivity contribution in [2.75, 3.05) is 25.6 Å². The van der Waals surface area contributed by atoms with Gasteiger partial charge in [0.2, 0.25) is 0 Å². The Hall–Kier alpha value is -3.12. The average molecular weight is 375 g/mol. The molecule has 1 amide bonds. The first-order valence-corrected chi connectivity index (χ1v) is 8.54. The highest BCUT2D eigenvalue weighted by atomic mass is 32.1. The van der Waals surface area contributed by atoms with Crippen molar-refractivity contribution in [3.63, 3.8) is 0 Å². The summed E-state index contributed by atoms with van der Waals surface area (Å²) in [5.41, 5.74) is 0.953. The number of anilines is 1. The van der Waals surface area contributed by atoms with Gasteiger partial charge in [0, 0.05) is 11.4 Å². The van der Waals surface area contributed by atoms with Crippen molar-refractivity contribution < 1.29 is 23.8 Å². The van der Waals surface area contributed by atoms with Crippen molar-refractivity contribution in [2.45, 2.75) is 13.3 Å². The third-order valence-corrected chi connectivity index (χ3v) is 3.89. The van der Waals surface area contributed by atoms with Crippen molar-refractivity contribution in [2.24, 2.45) is 0 Å². The van der Waals surface area contributed by atoms with Gasteiger partial charge in [-0.2, -0.15) is 5.26 Å². The number of hydrogen-bond donors (Lipinski definition) is 1. The van der Waals surface area contributed by atoms with Crippen LogP contribution in [-0.2, 0) is 20.7 Å². The summed E-state index contributed by atoms with van der Waals surface area (Å²) in [7, 11) is 1.45. The van der Waals surface area contributed by atoms with E-state index < -0.39 is 5.91 Å². The molecule has 1 heterocycles. The van der Waals surface area contributed by atoms with Gasteiger partial charge in [-0.25, -0.2) is 4.98 Å². The van der Waals surface area contributed by atoms with E-state index in [9.17, 15) is 9.59 Å². The number of aromatic nitrogens is 1. The van der Waals surface area contributed by atoms with Crippen LogP contribution in [0.5, 0.6) is 11.5 Å². The molecule has 0 radical (unpaired) electrons. The summed E-state index contributed by atoms with van der Waals surface area (Å²) in [6, 6.07) is 6.65. The molecule has 1 aromatic heterocycles. The Labute approximate surface area is 154 Å². The molecule has 0 spiro atoms. The maximum atomic E-state index is 12.0. The lowest BCUT2D eigenvalue weighted by Crippen LogP contribution is -2.20. The van der Waals surface area contributed by atoms with Crippen LogP contribution in [0.25, 0.3) is 0 Å². The molecule has 0 saturated heterocycles. The van der Waals surface area contributed by atoms with E-state index in [1.54, 1.807) is 24.4 Å². The van der Waals surface area contributed by atoms with Gasteiger partial charge in [0.05, 0.1) is 37.5 Å². The SMILES string of the molecule is CCOC(=O)Cc1csc(NC(=O)COc2ccc(C#N)cc2OC)n1. The molecule has 1 N–H and O–H groups in total. The number of benzene rings is 1. The number of rotatable bonds is 8. The van der Waals surface area contributed by atoms with Crippen molar-refractivity contribution in [3.8, 4) is 17.6 Å². The van der Waals surface area contributed by atoms with Crippen molar-refractivity contribution >= 4 is 28.3 Å². The number of hydrogen-bond acceptors (Lipinski definition) is 8. The normalized spacial score (nSPS) is 9.88. The van der Waals surface area contributed by atoms with Gasteiger partial charge in [0.1, 0.15) is 0 Å². The number of amides is 1. The zero-order valence-electron chi connectivity index (χ0n) is 14.3. The minimum absolute atomic E-state index is 0.0547. The Bertz CT molecular complexity index is 828. The van der Waals surface area contributed by atoms with Crippen LogP contribution in [0.2, 0.25) is 0 Å². The number of ether oxygens (including phenoxy) is 3. The number of carbonyl (C=O) groups excluding carboxylic acids is 2. The van der Waals surface area contributed by atoms with Crippen LogP contribution < -0.4 is 14.8 Å². The second kappa shape index (κ2) is 9.39. The fourth-order valence-corrected chi connectivity index (χ4v) is 2.69. The lowest BCUT2D eigenvalue weighted by atomic mass is 10.2. The number of thiazole rings is 1. The van der Waals surface area contributed by atoms with Gasteiger partial charge in [-0.3, -0.25) is 14.9 Å². The first-order valence-electron chi connectivity index (χ1n) is 7.66. The van der Waals surface area contributed by atoms with Gasteiger partial charge in [-0.15, -0.1) is 11.3 Å². The highest BCUT2D eigenvalue weighted by molar-refractivity contribution is 7.13. The van der Waals surface area contributed by atoms with Crippen molar-refractivity contribution in [3.05, 3.63) is 34.8 Å². The maximum Gasteiger partial charge on any atom is 0.311 e. The predicted octanol–water partition coefficient (Wildman–Crippen LogP) is 2.15. The highest BCUT2D eigenvalue weighted by Gasteiger charge is 2.12. The summed E-state index contributed by atoms with van der Waals surface area (Å²) >= 11 is 1.21. The number of esters is 1. The number of nitrogens with one attached hydrogen (secondary N) is 1. The molecule has 0 aliphatic carbocycles. The molecule has 26 heavy (non-hydrogen) atoms. The summed E-state index contributed by atoms with van der Waals surface area (Å²) in [4.78, 5) is 27.6. The molecule has 0 unspecified atom stereocenters. The van der Waals surface area contributed by atoms with E-state index in [1.807, 2.05) is 6.07 Å². The van der Waals surface area contributed by atoms with Crippen LogP contribution in [0.4, 0.5) is 5.13 Å². The first-order chi connectivity index (χ1) is 12.5. The Morgan fingerprint density at radius 1 is 1.35 bits per heavy atom. The van der Waals surface area contributed by atoms with E-state index in [2.05, 4.69) is 10.3 Å². The number of nitrogens with zero attached hydrogens (tertiary/aromatic N) is 2.